The first kappa shape index (κ1) is 24.4. The van der Waals surface area contributed by atoms with Gasteiger partial charge in [0.25, 0.3) is 0 Å². The molecule has 0 saturated carbocycles. The normalized spacial score (nSPS) is 11.7. The van der Waals surface area contributed by atoms with Gasteiger partial charge in [-0.25, -0.2) is 9.78 Å². The molecule has 0 saturated heterocycles. The number of carbonyl (C=O) groups excluding carboxylic acids is 2. The van der Waals surface area contributed by atoms with Crippen molar-refractivity contribution in [3.05, 3.63) is 89.4 Å². The molecule has 3 rings (SSSR count). The second-order valence-electron chi connectivity index (χ2n) is 6.99. The van der Waals surface area contributed by atoms with Crippen molar-refractivity contribution in [2.24, 2.45) is 5.16 Å². The minimum absolute atomic E-state index is 0.0748. The fraction of sp³-hybridized carbons (Fsp3) is 0.174. The average Bonchev–Trinajstić information content (AvgIpc) is 2.83. The van der Waals surface area contributed by atoms with Crippen molar-refractivity contribution in [3.8, 4) is 0 Å². The van der Waals surface area contributed by atoms with E-state index >= 15 is 0 Å². The number of anilines is 1. The summed E-state index contributed by atoms with van der Waals surface area (Å²) in [5.41, 5.74) is 2.33. The Morgan fingerprint density at radius 1 is 1.03 bits per heavy atom. The molecule has 2 heterocycles. The third-order valence-corrected chi connectivity index (χ3v) is 4.54. The fourth-order valence-electron chi connectivity index (χ4n) is 2.89. The number of aromatic nitrogens is 2. The lowest BCUT2D eigenvalue weighted by atomic mass is 10.0. The molecule has 3 aromatic rings. The number of halogens is 3. The number of aryl methyl sites for hydroxylation is 1. The number of ether oxygens (including phenoxy) is 1. The van der Waals surface area contributed by atoms with Crippen LogP contribution in [0, 0.1) is 0 Å². The Bertz CT molecular complexity index is 1170. The Morgan fingerprint density at radius 2 is 1.79 bits per heavy atom. The predicted molar refractivity (Wildman–Crippen MR) is 115 cm³/mol. The van der Waals surface area contributed by atoms with E-state index in [0.29, 0.717) is 23.5 Å². The lowest BCUT2D eigenvalue weighted by molar-refractivity contribution is -0.201. The number of benzene rings is 1. The number of alkyl halides is 3. The van der Waals surface area contributed by atoms with Crippen LogP contribution in [0.1, 0.15) is 28.9 Å². The monoisotopic (exact) mass is 472 g/mol. The molecular formula is C23H19F3N4O4. The van der Waals surface area contributed by atoms with Crippen molar-refractivity contribution in [1.29, 1.82) is 0 Å². The highest BCUT2D eigenvalue weighted by atomic mass is 19.4. The van der Waals surface area contributed by atoms with Gasteiger partial charge in [-0.3, -0.25) is 9.78 Å². The SMILES string of the molecule is O=C(CCc1cccc(C(=NO)c2ccc(CNc3ccccn3)cc2)n1)OC(=O)C(F)(F)F. The molecular weight excluding hydrogens is 453 g/mol. The number of hydrogen-bond donors (Lipinski definition) is 2. The summed E-state index contributed by atoms with van der Waals surface area (Å²) in [6, 6.07) is 17.4. The summed E-state index contributed by atoms with van der Waals surface area (Å²) >= 11 is 0. The van der Waals surface area contributed by atoms with Crippen LogP contribution in [-0.2, 0) is 27.3 Å². The molecule has 34 heavy (non-hydrogen) atoms. The van der Waals surface area contributed by atoms with Crippen LogP contribution in [0.25, 0.3) is 0 Å². The number of carbonyl (C=O) groups is 2. The molecule has 8 nitrogen and oxygen atoms in total. The third kappa shape index (κ3) is 6.86. The second kappa shape index (κ2) is 11.0. The van der Waals surface area contributed by atoms with Gasteiger partial charge in [0, 0.05) is 30.4 Å². The summed E-state index contributed by atoms with van der Waals surface area (Å²) in [5, 5.41) is 16.1. The van der Waals surface area contributed by atoms with E-state index in [1.54, 1.807) is 36.5 Å². The second-order valence-corrected chi connectivity index (χ2v) is 6.99. The molecule has 0 bridgehead atoms. The van der Waals surface area contributed by atoms with Gasteiger partial charge in [0.05, 0.1) is 12.1 Å². The number of rotatable bonds is 8. The van der Waals surface area contributed by atoms with Crippen LogP contribution in [0.15, 0.2) is 72.0 Å². The molecule has 0 spiro atoms. The number of pyridine rings is 2. The van der Waals surface area contributed by atoms with Crippen LogP contribution in [0.4, 0.5) is 19.0 Å². The molecule has 11 heteroatoms. The molecule has 176 valence electrons. The van der Waals surface area contributed by atoms with Crippen LogP contribution in [0.2, 0.25) is 0 Å². The molecule has 0 radical (unpaired) electrons. The van der Waals surface area contributed by atoms with E-state index in [9.17, 15) is 28.0 Å². The first-order valence-electron chi connectivity index (χ1n) is 10.0. The molecule has 0 fully saturated rings. The zero-order valence-electron chi connectivity index (χ0n) is 17.6. The number of esters is 2. The molecule has 0 atom stereocenters. The Morgan fingerprint density at radius 3 is 2.44 bits per heavy atom. The lowest BCUT2D eigenvalue weighted by Gasteiger charge is -2.09. The zero-order valence-corrected chi connectivity index (χ0v) is 17.6. The fourth-order valence-corrected chi connectivity index (χ4v) is 2.89. The van der Waals surface area contributed by atoms with E-state index in [4.69, 9.17) is 0 Å². The van der Waals surface area contributed by atoms with Crippen LogP contribution in [0.5, 0.6) is 0 Å². The van der Waals surface area contributed by atoms with Crippen molar-refractivity contribution >= 4 is 23.5 Å². The molecule has 0 amide bonds. The Balaban J connectivity index is 1.62. The number of hydrogen-bond acceptors (Lipinski definition) is 8. The standard InChI is InChI=1S/C23H19F3N4O4/c24-23(25,26)22(32)34-20(31)12-11-17-4-3-5-18(29-17)21(30-33)16-9-7-15(8-10-16)14-28-19-6-1-2-13-27-19/h1-10,13,33H,11-12,14H2,(H,27,28). The minimum atomic E-state index is -5.25. The molecule has 0 aliphatic carbocycles. The van der Waals surface area contributed by atoms with Crippen LogP contribution < -0.4 is 5.32 Å². The van der Waals surface area contributed by atoms with E-state index in [0.717, 1.165) is 11.4 Å². The van der Waals surface area contributed by atoms with Gasteiger partial charge in [0.2, 0.25) is 0 Å². The van der Waals surface area contributed by atoms with Crippen molar-refractivity contribution in [2.45, 2.75) is 25.6 Å². The van der Waals surface area contributed by atoms with E-state index in [1.807, 2.05) is 30.3 Å². The quantitative estimate of drug-likeness (QED) is 0.168. The van der Waals surface area contributed by atoms with Gasteiger partial charge in [-0.2, -0.15) is 13.2 Å². The van der Waals surface area contributed by atoms with Crippen LogP contribution in [-0.4, -0.2) is 39.0 Å². The number of oxime groups is 1. The van der Waals surface area contributed by atoms with Crippen LogP contribution in [0.3, 0.4) is 0 Å². The van der Waals surface area contributed by atoms with Gasteiger partial charge < -0.3 is 15.3 Å². The highest BCUT2D eigenvalue weighted by Crippen LogP contribution is 2.17. The summed E-state index contributed by atoms with van der Waals surface area (Å²) in [7, 11) is 0. The highest BCUT2D eigenvalue weighted by Gasteiger charge is 2.42. The van der Waals surface area contributed by atoms with E-state index in [-0.39, 0.29) is 12.1 Å². The molecule has 2 N–H and O–H groups in total. The van der Waals surface area contributed by atoms with E-state index < -0.39 is 24.5 Å². The predicted octanol–water partition coefficient (Wildman–Crippen LogP) is 3.88. The Hall–Kier alpha value is -4.28. The maximum Gasteiger partial charge on any atom is 0.491 e. The summed E-state index contributed by atoms with van der Waals surface area (Å²) in [6.07, 6.45) is -4.12. The smallest absolute Gasteiger partial charge is 0.410 e. The summed E-state index contributed by atoms with van der Waals surface area (Å²) < 4.78 is 40.3. The molecule has 0 aliphatic rings. The van der Waals surface area contributed by atoms with Crippen LogP contribution >= 0.6 is 0 Å². The Kier molecular flexibility index (Phi) is 7.91. The topological polar surface area (TPSA) is 114 Å². The van der Waals surface area contributed by atoms with E-state index in [2.05, 4.69) is 25.2 Å². The number of nitrogens with one attached hydrogen (secondary N) is 1. The van der Waals surface area contributed by atoms with Crippen molar-refractivity contribution < 1.29 is 32.7 Å². The summed E-state index contributed by atoms with van der Waals surface area (Å²) in [6.45, 7) is 0.531. The van der Waals surface area contributed by atoms with E-state index in [1.165, 1.54) is 0 Å². The lowest BCUT2D eigenvalue weighted by Crippen LogP contribution is -2.28. The highest BCUT2D eigenvalue weighted by molar-refractivity contribution is 6.11. The first-order valence-corrected chi connectivity index (χ1v) is 10.0. The molecule has 0 aliphatic heterocycles. The maximum atomic E-state index is 12.2. The summed E-state index contributed by atoms with van der Waals surface area (Å²) in [5.74, 6) is -3.15. The minimum Gasteiger partial charge on any atom is -0.410 e. The average molecular weight is 472 g/mol. The first-order chi connectivity index (χ1) is 16.3. The molecule has 0 unspecified atom stereocenters. The van der Waals surface area contributed by atoms with Gasteiger partial charge in [-0.1, -0.05) is 41.6 Å². The molecule has 1 aromatic carbocycles. The van der Waals surface area contributed by atoms with Gasteiger partial charge in [0.15, 0.2) is 0 Å². The van der Waals surface area contributed by atoms with Crippen molar-refractivity contribution in [1.82, 2.24) is 9.97 Å². The molecule has 2 aromatic heterocycles. The zero-order chi connectivity index (χ0) is 24.6. The van der Waals surface area contributed by atoms with Gasteiger partial charge >= 0.3 is 18.1 Å². The van der Waals surface area contributed by atoms with Gasteiger partial charge in [-0.05, 0) is 29.8 Å². The summed E-state index contributed by atoms with van der Waals surface area (Å²) in [4.78, 5) is 30.7. The third-order valence-electron chi connectivity index (χ3n) is 4.54. The van der Waals surface area contributed by atoms with Crippen molar-refractivity contribution in [2.75, 3.05) is 5.32 Å². The van der Waals surface area contributed by atoms with Gasteiger partial charge in [-0.15, -0.1) is 0 Å². The van der Waals surface area contributed by atoms with Gasteiger partial charge in [0.1, 0.15) is 11.5 Å². The number of nitrogens with zero attached hydrogens (tertiary/aromatic N) is 3. The Labute approximate surface area is 192 Å². The van der Waals surface area contributed by atoms with Crippen molar-refractivity contribution in [3.63, 3.8) is 0 Å². The largest absolute Gasteiger partial charge is 0.491 e. The maximum absolute atomic E-state index is 12.2.